The number of methoxy groups -OCH3 is 1. The molecule has 82 valence electrons. The zero-order valence-electron chi connectivity index (χ0n) is 8.60. The lowest BCUT2D eigenvalue weighted by molar-refractivity contribution is 0.0601. The van der Waals surface area contributed by atoms with E-state index in [1.165, 1.54) is 7.11 Å². The Morgan fingerprint density at radius 2 is 2.25 bits per heavy atom. The predicted octanol–water partition coefficient (Wildman–Crippen LogP) is 2.49. The van der Waals surface area contributed by atoms with Gasteiger partial charge in [-0.05, 0) is 18.2 Å². The van der Waals surface area contributed by atoms with Crippen LogP contribution in [0.3, 0.4) is 0 Å². The number of nitrogens with zero attached hydrogens (tertiary/aromatic N) is 1. The summed E-state index contributed by atoms with van der Waals surface area (Å²) in [7, 11) is 1.32. The number of fused-ring (bicyclic) bond motifs is 1. The number of hydrogen-bond acceptors (Lipinski definition) is 5. The summed E-state index contributed by atoms with van der Waals surface area (Å²) in [4.78, 5) is 21.3. The van der Waals surface area contributed by atoms with Gasteiger partial charge in [0.05, 0.1) is 12.7 Å². The predicted molar refractivity (Wildman–Crippen MR) is 57.1 cm³/mol. The smallest absolute Gasteiger partial charge is 0.337 e. The fraction of sp³-hybridized carbons (Fsp3) is 0.182. The molecule has 0 atom stereocenters. The fourth-order valence-corrected chi connectivity index (χ4v) is 1.47. The van der Waals surface area contributed by atoms with E-state index in [9.17, 15) is 9.70 Å². The zero-order valence-corrected chi connectivity index (χ0v) is 8.60. The van der Waals surface area contributed by atoms with Crippen molar-refractivity contribution >= 4 is 16.9 Å². The van der Waals surface area contributed by atoms with Gasteiger partial charge in [0.15, 0.2) is 0 Å². The first-order valence-corrected chi connectivity index (χ1v) is 4.64. The van der Waals surface area contributed by atoms with Crippen LogP contribution < -0.4 is 0 Å². The Bertz CT molecular complexity index is 544. The zero-order chi connectivity index (χ0) is 11.5. The molecule has 0 aliphatic rings. The van der Waals surface area contributed by atoms with Crippen LogP contribution in [0.1, 0.15) is 16.1 Å². The van der Waals surface area contributed by atoms with Gasteiger partial charge in [0, 0.05) is 5.39 Å². The van der Waals surface area contributed by atoms with Crippen molar-refractivity contribution in [1.29, 1.82) is 0 Å². The summed E-state index contributed by atoms with van der Waals surface area (Å²) in [6.45, 7) is -0.0117. The minimum Gasteiger partial charge on any atom is -0.465 e. The van der Waals surface area contributed by atoms with Crippen molar-refractivity contribution in [3.8, 4) is 0 Å². The third-order valence-electron chi connectivity index (χ3n) is 2.21. The molecule has 1 heterocycles. The highest BCUT2D eigenvalue weighted by Gasteiger charge is 2.09. The molecule has 1 aromatic carbocycles. The van der Waals surface area contributed by atoms with Crippen LogP contribution in [0, 0.1) is 4.91 Å². The molecule has 1 aromatic heterocycles. The summed E-state index contributed by atoms with van der Waals surface area (Å²) in [6, 6.07) is 6.68. The van der Waals surface area contributed by atoms with Crippen molar-refractivity contribution in [1.82, 2.24) is 0 Å². The van der Waals surface area contributed by atoms with E-state index in [0.717, 1.165) is 5.39 Å². The number of hydrogen-bond donors (Lipinski definition) is 0. The van der Waals surface area contributed by atoms with Crippen LogP contribution in [0.2, 0.25) is 0 Å². The number of carbonyl (C=O) groups is 1. The first kappa shape index (κ1) is 10.4. The largest absolute Gasteiger partial charge is 0.465 e. The van der Waals surface area contributed by atoms with E-state index in [1.54, 1.807) is 24.3 Å². The number of esters is 1. The van der Waals surface area contributed by atoms with Gasteiger partial charge in [-0.2, -0.15) is 4.91 Å². The first-order chi connectivity index (χ1) is 7.74. The maximum Gasteiger partial charge on any atom is 0.337 e. The summed E-state index contributed by atoms with van der Waals surface area (Å²) >= 11 is 0. The lowest BCUT2D eigenvalue weighted by Gasteiger charge is -1.97. The fourth-order valence-electron chi connectivity index (χ4n) is 1.47. The van der Waals surface area contributed by atoms with Gasteiger partial charge in [-0.1, -0.05) is 11.2 Å². The number of nitroso groups, excluding NO2 is 1. The van der Waals surface area contributed by atoms with Gasteiger partial charge in [0.1, 0.15) is 17.9 Å². The average molecular weight is 219 g/mol. The van der Waals surface area contributed by atoms with E-state index in [1.807, 2.05) is 0 Å². The van der Waals surface area contributed by atoms with Gasteiger partial charge >= 0.3 is 5.97 Å². The lowest BCUT2D eigenvalue weighted by atomic mass is 10.2. The molecule has 0 aliphatic carbocycles. The van der Waals surface area contributed by atoms with Crippen molar-refractivity contribution < 1.29 is 13.9 Å². The van der Waals surface area contributed by atoms with Crippen molar-refractivity contribution in [3.05, 3.63) is 40.5 Å². The molecule has 2 aromatic rings. The van der Waals surface area contributed by atoms with Crippen LogP contribution in [0.5, 0.6) is 0 Å². The third kappa shape index (κ3) is 1.79. The van der Waals surface area contributed by atoms with Crippen LogP contribution in [-0.4, -0.2) is 13.1 Å². The second kappa shape index (κ2) is 4.14. The summed E-state index contributed by atoms with van der Waals surface area (Å²) < 4.78 is 9.93. The van der Waals surface area contributed by atoms with Crippen molar-refractivity contribution in [2.24, 2.45) is 5.18 Å². The van der Waals surface area contributed by atoms with Crippen LogP contribution in [-0.2, 0) is 11.3 Å². The van der Waals surface area contributed by atoms with Gasteiger partial charge in [-0.25, -0.2) is 4.79 Å². The van der Waals surface area contributed by atoms with Gasteiger partial charge in [-0.3, -0.25) is 0 Å². The SMILES string of the molecule is COC(=O)c1ccc2cc(CN=O)oc2c1. The lowest BCUT2D eigenvalue weighted by Crippen LogP contribution is -1.99. The summed E-state index contributed by atoms with van der Waals surface area (Å²) in [5.74, 6) is 0.0559. The molecule has 5 nitrogen and oxygen atoms in total. The Hall–Kier alpha value is -2.17. The molecule has 0 amide bonds. The van der Waals surface area contributed by atoms with E-state index >= 15 is 0 Å². The Morgan fingerprint density at radius 1 is 1.44 bits per heavy atom. The van der Waals surface area contributed by atoms with Crippen LogP contribution in [0.25, 0.3) is 11.0 Å². The molecule has 0 aliphatic heterocycles. The molecule has 0 fully saturated rings. The molecule has 0 radical (unpaired) electrons. The number of carbonyl (C=O) groups excluding carboxylic acids is 1. The maximum atomic E-state index is 11.3. The summed E-state index contributed by atoms with van der Waals surface area (Å²) in [6.07, 6.45) is 0. The molecule has 0 N–H and O–H groups in total. The highest BCUT2D eigenvalue weighted by Crippen LogP contribution is 2.21. The van der Waals surface area contributed by atoms with Gasteiger partial charge in [-0.15, -0.1) is 0 Å². The van der Waals surface area contributed by atoms with Crippen LogP contribution in [0.4, 0.5) is 0 Å². The molecule has 5 heteroatoms. The number of furan rings is 1. The van der Waals surface area contributed by atoms with E-state index in [0.29, 0.717) is 16.9 Å². The molecular formula is C11H9NO4. The van der Waals surface area contributed by atoms with E-state index in [4.69, 9.17) is 4.42 Å². The second-order valence-electron chi connectivity index (χ2n) is 3.24. The number of rotatable bonds is 3. The van der Waals surface area contributed by atoms with Gasteiger partial charge in [0.25, 0.3) is 0 Å². The van der Waals surface area contributed by atoms with Crippen molar-refractivity contribution in [3.63, 3.8) is 0 Å². The van der Waals surface area contributed by atoms with Gasteiger partial charge < -0.3 is 9.15 Å². The van der Waals surface area contributed by atoms with Crippen LogP contribution in [0.15, 0.2) is 33.9 Å². The van der Waals surface area contributed by atoms with Crippen molar-refractivity contribution in [2.45, 2.75) is 6.54 Å². The molecular weight excluding hydrogens is 210 g/mol. The average Bonchev–Trinajstić information content (AvgIpc) is 2.69. The minimum absolute atomic E-state index is 0.0117. The van der Waals surface area contributed by atoms with E-state index < -0.39 is 5.97 Å². The second-order valence-corrected chi connectivity index (χ2v) is 3.24. The van der Waals surface area contributed by atoms with Gasteiger partial charge in [0.2, 0.25) is 0 Å². The molecule has 0 bridgehead atoms. The highest BCUT2D eigenvalue weighted by molar-refractivity contribution is 5.93. The number of benzene rings is 1. The van der Waals surface area contributed by atoms with E-state index in [2.05, 4.69) is 9.91 Å². The monoisotopic (exact) mass is 219 g/mol. The Kier molecular flexibility index (Phi) is 2.68. The van der Waals surface area contributed by atoms with Crippen molar-refractivity contribution in [2.75, 3.05) is 7.11 Å². The molecule has 0 saturated heterocycles. The Balaban J connectivity index is 2.45. The minimum atomic E-state index is -0.423. The van der Waals surface area contributed by atoms with E-state index in [-0.39, 0.29) is 6.54 Å². The topological polar surface area (TPSA) is 68.9 Å². The quantitative estimate of drug-likeness (QED) is 0.587. The molecule has 0 saturated carbocycles. The van der Waals surface area contributed by atoms with Crippen LogP contribution >= 0.6 is 0 Å². The first-order valence-electron chi connectivity index (χ1n) is 4.64. The highest BCUT2D eigenvalue weighted by atomic mass is 16.5. The summed E-state index contributed by atoms with van der Waals surface area (Å²) in [5, 5.41) is 3.56. The standard InChI is InChI=1S/C11H9NO4/c1-15-11(13)8-3-2-7-4-9(6-12-14)16-10(7)5-8/h2-5H,6H2,1H3. The molecule has 2 rings (SSSR count). The molecule has 0 spiro atoms. The summed E-state index contributed by atoms with van der Waals surface area (Å²) in [5.41, 5.74) is 0.955. The molecule has 0 unspecified atom stereocenters. The Labute approximate surface area is 91.0 Å². The third-order valence-corrected chi connectivity index (χ3v) is 2.21. The Morgan fingerprint density at radius 3 is 2.94 bits per heavy atom. The molecule has 16 heavy (non-hydrogen) atoms. The maximum absolute atomic E-state index is 11.3. The normalized spacial score (nSPS) is 10.3. The number of ether oxygens (including phenoxy) is 1.